The summed E-state index contributed by atoms with van der Waals surface area (Å²) in [6.45, 7) is 5.26. The average Bonchev–Trinajstić information content (AvgIpc) is 2.97. The summed E-state index contributed by atoms with van der Waals surface area (Å²) in [4.78, 5) is 14.9. The van der Waals surface area contributed by atoms with Crippen LogP contribution in [-0.4, -0.2) is 40.9 Å². The molecule has 0 saturated heterocycles. The lowest BCUT2D eigenvalue weighted by Gasteiger charge is -2.17. The number of amides is 1. The highest BCUT2D eigenvalue weighted by Gasteiger charge is 2.13. The van der Waals surface area contributed by atoms with Crippen molar-refractivity contribution in [3.8, 4) is 5.75 Å². The topological polar surface area (TPSA) is 47.4 Å². The van der Waals surface area contributed by atoms with Gasteiger partial charge in [-0.3, -0.25) is 0 Å². The normalized spacial score (nSPS) is 10.4. The van der Waals surface area contributed by atoms with Crippen LogP contribution >= 0.6 is 11.8 Å². The zero-order valence-corrected chi connectivity index (χ0v) is 13.3. The van der Waals surface area contributed by atoms with Crippen LogP contribution in [0.2, 0.25) is 0 Å². The van der Waals surface area contributed by atoms with Crippen LogP contribution in [0, 0.1) is 0 Å². The van der Waals surface area contributed by atoms with Gasteiger partial charge < -0.3 is 9.64 Å². The molecule has 0 radical (unpaired) electrons. The van der Waals surface area contributed by atoms with E-state index in [1.54, 1.807) is 18.2 Å². The van der Waals surface area contributed by atoms with Crippen molar-refractivity contribution < 1.29 is 9.53 Å². The molecule has 0 fully saturated rings. The van der Waals surface area contributed by atoms with Crippen molar-refractivity contribution in [1.29, 1.82) is 0 Å². The van der Waals surface area contributed by atoms with Crippen LogP contribution in [0.5, 0.6) is 5.75 Å². The summed E-state index contributed by atoms with van der Waals surface area (Å²) < 4.78 is 6.58. The van der Waals surface area contributed by atoms with E-state index in [0.29, 0.717) is 13.1 Å². The summed E-state index contributed by atoms with van der Waals surface area (Å²) in [5.41, 5.74) is 0. The van der Waals surface area contributed by atoms with Crippen LogP contribution in [0.1, 0.15) is 13.8 Å². The van der Waals surface area contributed by atoms with E-state index < -0.39 is 0 Å². The number of nitrogens with zero attached hydrogens (tertiary/aromatic N) is 3. The highest BCUT2D eigenvalue weighted by Crippen LogP contribution is 2.28. The second-order valence-electron chi connectivity index (χ2n) is 4.33. The van der Waals surface area contributed by atoms with Crippen molar-refractivity contribution in [2.75, 3.05) is 20.2 Å². The molecule has 0 aliphatic heterocycles. The molecule has 1 aromatic carbocycles. The van der Waals surface area contributed by atoms with Crippen molar-refractivity contribution in [3.05, 3.63) is 36.5 Å². The first-order valence-corrected chi connectivity index (χ1v) is 7.66. The Morgan fingerprint density at radius 1 is 1.33 bits per heavy atom. The third-order valence-electron chi connectivity index (χ3n) is 3.06. The molecule has 21 heavy (non-hydrogen) atoms. The van der Waals surface area contributed by atoms with Gasteiger partial charge in [0.25, 0.3) is 0 Å². The molecule has 1 amide bonds. The second-order valence-corrected chi connectivity index (χ2v) is 5.43. The van der Waals surface area contributed by atoms with Crippen LogP contribution in [0.4, 0.5) is 4.79 Å². The highest BCUT2D eigenvalue weighted by molar-refractivity contribution is 7.99. The molecule has 0 unspecified atom stereocenters. The van der Waals surface area contributed by atoms with E-state index in [1.807, 2.05) is 44.2 Å². The monoisotopic (exact) mass is 305 g/mol. The SMILES string of the molecule is CCN(CC)C(=O)n1ccc(Sc2cccc(OC)c2)n1. The molecule has 1 aromatic heterocycles. The van der Waals surface area contributed by atoms with E-state index in [4.69, 9.17) is 4.74 Å². The Bertz CT molecular complexity index is 608. The van der Waals surface area contributed by atoms with Gasteiger partial charge >= 0.3 is 6.03 Å². The molecule has 2 aromatic rings. The standard InChI is InChI=1S/C15H19N3O2S/c1-4-17(5-2)15(19)18-10-9-14(16-18)21-13-8-6-7-12(11-13)20-3/h6-11H,4-5H2,1-3H3. The van der Waals surface area contributed by atoms with Crippen molar-refractivity contribution in [1.82, 2.24) is 14.7 Å². The first-order valence-electron chi connectivity index (χ1n) is 6.84. The molecule has 6 heteroatoms. The van der Waals surface area contributed by atoms with Gasteiger partial charge in [-0.2, -0.15) is 9.78 Å². The summed E-state index contributed by atoms with van der Waals surface area (Å²) in [5.74, 6) is 0.804. The van der Waals surface area contributed by atoms with Gasteiger partial charge in [0.1, 0.15) is 10.8 Å². The van der Waals surface area contributed by atoms with Gasteiger partial charge in [0.15, 0.2) is 0 Å². The van der Waals surface area contributed by atoms with Gasteiger partial charge in [0.05, 0.1) is 7.11 Å². The molecule has 0 N–H and O–H groups in total. The van der Waals surface area contributed by atoms with E-state index in [2.05, 4.69) is 5.10 Å². The van der Waals surface area contributed by atoms with E-state index in [9.17, 15) is 4.79 Å². The molecule has 112 valence electrons. The number of aromatic nitrogens is 2. The zero-order valence-electron chi connectivity index (χ0n) is 12.4. The fraction of sp³-hybridized carbons (Fsp3) is 0.333. The number of hydrogen-bond donors (Lipinski definition) is 0. The quantitative estimate of drug-likeness (QED) is 0.850. The Kier molecular flexibility index (Phi) is 5.27. The summed E-state index contributed by atoms with van der Waals surface area (Å²) in [7, 11) is 1.64. The van der Waals surface area contributed by atoms with Gasteiger partial charge in [-0.05, 0) is 38.1 Å². The summed E-state index contributed by atoms with van der Waals surface area (Å²) >= 11 is 1.50. The summed E-state index contributed by atoms with van der Waals surface area (Å²) in [6.07, 6.45) is 1.70. The number of benzene rings is 1. The smallest absolute Gasteiger partial charge is 0.344 e. The number of carbonyl (C=O) groups is 1. The van der Waals surface area contributed by atoms with E-state index in [1.165, 1.54) is 16.4 Å². The van der Waals surface area contributed by atoms with Gasteiger partial charge in [0.2, 0.25) is 0 Å². The van der Waals surface area contributed by atoms with Gasteiger partial charge in [-0.1, -0.05) is 17.8 Å². The Hall–Kier alpha value is -1.95. The Labute approximate surface area is 128 Å². The van der Waals surface area contributed by atoms with Crippen molar-refractivity contribution in [2.24, 2.45) is 0 Å². The minimum absolute atomic E-state index is 0.0995. The minimum atomic E-state index is -0.0995. The fourth-order valence-corrected chi connectivity index (χ4v) is 2.71. The first-order chi connectivity index (χ1) is 10.2. The van der Waals surface area contributed by atoms with Crippen LogP contribution < -0.4 is 4.74 Å². The maximum absolute atomic E-state index is 12.2. The maximum Gasteiger partial charge on any atom is 0.344 e. The second kappa shape index (κ2) is 7.17. The molecular weight excluding hydrogens is 286 g/mol. The Balaban J connectivity index is 2.11. The largest absolute Gasteiger partial charge is 0.497 e. The van der Waals surface area contributed by atoms with Crippen LogP contribution in [0.25, 0.3) is 0 Å². The zero-order chi connectivity index (χ0) is 15.2. The minimum Gasteiger partial charge on any atom is -0.497 e. The average molecular weight is 305 g/mol. The molecular formula is C15H19N3O2S. The van der Waals surface area contributed by atoms with E-state index in [0.717, 1.165) is 15.7 Å². The maximum atomic E-state index is 12.2. The Morgan fingerprint density at radius 3 is 2.76 bits per heavy atom. The van der Waals surface area contributed by atoms with Gasteiger partial charge in [0, 0.05) is 24.2 Å². The predicted octanol–water partition coefficient (Wildman–Crippen LogP) is 3.35. The number of methoxy groups -OCH3 is 1. The number of ether oxygens (including phenoxy) is 1. The molecule has 0 atom stereocenters. The van der Waals surface area contributed by atoms with Crippen LogP contribution in [0.15, 0.2) is 46.5 Å². The first kappa shape index (κ1) is 15.4. The lowest BCUT2D eigenvalue weighted by atomic mass is 10.3. The molecule has 2 rings (SSSR count). The van der Waals surface area contributed by atoms with Crippen LogP contribution in [-0.2, 0) is 0 Å². The third-order valence-corrected chi connectivity index (χ3v) is 3.97. The van der Waals surface area contributed by atoms with E-state index >= 15 is 0 Å². The molecule has 0 aliphatic carbocycles. The lowest BCUT2D eigenvalue weighted by molar-refractivity contribution is 0.201. The molecule has 1 heterocycles. The van der Waals surface area contributed by atoms with E-state index in [-0.39, 0.29) is 6.03 Å². The molecule has 0 spiro atoms. The number of carbonyl (C=O) groups excluding carboxylic acids is 1. The van der Waals surface area contributed by atoms with Gasteiger partial charge in [-0.25, -0.2) is 4.79 Å². The number of rotatable bonds is 5. The lowest BCUT2D eigenvalue weighted by Crippen LogP contribution is -2.34. The van der Waals surface area contributed by atoms with Gasteiger partial charge in [-0.15, -0.1) is 0 Å². The Morgan fingerprint density at radius 2 is 2.10 bits per heavy atom. The molecule has 0 aliphatic rings. The predicted molar refractivity (Wildman–Crippen MR) is 83.1 cm³/mol. The molecule has 5 nitrogen and oxygen atoms in total. The van der Waals surface area contributed by atoms with Crippen molar-refractivity contribution in [3.63, 3.8) is 0 Å². The van der Waals surface area contributed by atoms with Crippen LogP contribution in [0.3, 0.4) is 0 Å². The van der Waals surface area contributed by atoms with Crippen molar-refractivity contribution >= 4 is 17.8 Å². The highest BCUT2D eigenvalue weighted by atomic mass is 32.2. The third kappa shape index (κ3) is 3.78. The molecule has 0 bridgehead atoms. The summed E-state index contributed by atoms with van der Waals surface area (Å²) in [5, 5.41) is 5.11. The number of hydrogen-bond acceptors (Lipinski definition) is 4. The molecule has 0 saturated carbocycles. The summed E-state index contributed by atoms with van der Waals surface area (Å²) in [6, 6.07) is 9.49. The fourth-order valence-electron chi connectivity index (χ4n) is 1.89. The van der Waals surface area contributed by atoms with Crippen molar-refractivity contribution in [2.45, 2.75) is 23.8 Å².